The average Bonchev–Trinajstić information content (AvgIpc) is 2.92. The van der Waals surface area contributed by atoms with Crippen molar-refractivity contribution < 1.29 is 9.53 Å². The zero-order chi connectivity index (χ0) is 17.1. The summed E-state index contributed by atoms with van der Waals surface area (Å²) in [6.45, 7) is 5.11. The molecule has 0 saturated carbocycles. The molecule has 1 heterocycles. The van der Waals surface area contributed by atoms with Crippen LogP contribution in [0.5, 0.6) is 5.75 Å². The highest BCUT2D eigenvalue weighted by Gasteiger charge is 2.19. The lowest BCUT2D eigenvalue weighted by atomic mass is 10.1. The third-order valence-electron chi connectivity index (χ3n) is 4.11. The molecule has 24 heavy (non-hydrogen) atoms. The molecule has 0 unspecified atom stereocenters. The molecule has 3 rings (SSSR count). The van der Waals surface area contributed by atoms with Crippen LogP contribution >= 0.6 is 0 Å². The monoisotopic (exact) mass is 322 g/mol. The van der Waals surface area contributed by atoms with Gasteiger partial charge in [0, 0.05) is 30.2 Å². The molecule has 0 spiro atoms. The Balaban J connectivity index is 1.80. The van der Waals surface area contributed by atoms with Gasteiger partial charge in [0.1, 0.15) is 5.75 Å². The van der Waals surface area contributed by atoms with E-state index in [9.17, 15) is 4.79 Å². The smallest absolute Gasteiger partial charge is 0.256 e. The van der Waals surface area contributed by atoms with Crippen LogP contribution in [-0.2, 0) is 6.54 Å². The van der Waals surface area contributed by atoms with Crippen molar-refractivity contribution in [3.8, 4) is 5.75 Å². The van der Waals surface area contributed by atoms with Crippen LogP contribution in [0, 0.1) is 6.92 Å². The molecule has 3 aromatic rings. The number of carbonyl (C=O) groups is 1. The number of ether oxygens (including phenoxy) is 1. The van der Waals surface area contributed by atoms with E-state index in [1.54, 1.807) is 4.90 Å². The third-order valence-corrected chi connectivity index (χ3v) is 4.11. The minimum Gasteiger partial charge on any atom is -0.494 e. The molecule has 124 valence electrons. The van der Waals surface area contributed by atoms with Crippen LogP contribution in [-0.4, -0.2) is 29.4 Å². The Bertz CT molecular complexity index is 850. The van der Waals surface area contributed by atoms with Crippen LogP contribution in [0.3, 0.4) is 0 Å². The van der Waals surface area contributed by atoms with Crippen LogP contribution in [0.1, 0.15) is 28.5 Å². The molecule has 0 aliphatic rings. The van der Waals surface area contributed by atoms with Crippen LogP contribution in [0.4, 0.5) is 0 Å². The summed E-state index contributed by atoms with van der Waals surface area (Å²) in [5.41, 5.74) is 3.72. The maximum atomic E-state index is 12.9. The second-order valence-corrected chi connectivity index (χ2v) is 5.91. The predicted molar refractivity (Wildman–Crippen MR) is 96.4 cm³/mol. The van der Waals surface area contributed by atoms with Crippen LogP contribution in [0.25, 0.3) is 10.9 Å². The lowest BCUT2D eigenvalue weighted by Gasteiger charge is -2.18. The topological polar surface area (TPSA) is 45.3 Å². The minimum absolute atomic E-state index is 0.0267. The number of H-pyrrole nitrogens is 1. The van der Waals surface area contributed by atoms with Crippen molar-refractivity contribution in [2.24, 2.45) is 0 Å². The summed E-state index contributed by atoms with van der Waals surface area (Å²) in [7, 11) is 1.83. The highest BCUT2D eigenvalue weighted by atomic mass is 16.5. The first-order valence-electron chi connectivity index (χ1n) is 8.14. The third kappa shape index (κ3) is 3.13. The Morgan fingerprint density at radius 1 is 1.12 bits per heavy atom. The SMILES string of the molecule is CCOc1ccc(CN(C)C(=O)c2c(C)[nH]c3ccccc23)cc1. The number of carbonyl (C=O) groups excluding carboxylic acids is 1. The van der Waals surface area contributed by atoms with E-state index in [4.69, 9.17) is 4.74 Å². The van der Waals surface area contributed by atoms with Crippen molar-refractivity contribution in [1.29, 1.82) is 0 Å². The molecule has 2 aromatic carbocycles. The minimum atomic E-state index is 0.0267. The van der Waals surface area contributed by atoms with Crippen molar-refractivity contribution in [1.82, 2.24) is 9.88 Å². The first-order chi connectivity index (χ1) is 11.6. The number of para-hydroxylation sites is 1. The number of aromatic amines is 1. The summed E-state index contributed by atoms with van der Waals surface area (Å²) in [6, 6.07) is 15.8. The summed E-state index contributed by atoms with van der Waals surface area (Å²) in [4.78, 5) is 17.9. The fourth-order valence-corrected chi connectivity index (χ4v) is 2.95. The van der Waals surface area contributed by atoms with Gasteiger partial charge < -0.3 is 14.6 Å². The number of hydrogen-bond donors (Lipinski definition) is 1. The molecular formula is C20H22N2O2. The maximum Gasteiger partial charge on any atom is 0.256 e. The number of aryl methyl sites for hydroxylation is 1. The number of rotatable bonds is 5. The molecule has 0 atom stereocenters. The second kappa shape index (κ2) is 6.79. The van der Waals surface area contributed by atoms with Crippen molar-refractivity contribution in [3.05, 3.63) is 65.4 Å². The summed E-state index contributed by atoms with van der Waals surface area (Å²) in [5, 5.41) is 0.971. The quantitative estimate of drug-likeness (QED) is 0.767. The summed E-state index contributed by atoms with van der Waals surface area (Å²) < 4.78 is 5.45. The van der Waals surface area contributed by atoms with Gasteiger partial charge in [0.15, 0.2) is 0 Å². The second-order valence-electron chi connectivity index (χ2n) is 5.91. The largest absolute Gasteiger partial charge is 0.494 e. The van der Waals surface area contributed by atoms with E-state index in [1.165, 1.54) is 0 Å². The van der Waals surface area contributed by atoms with E-state index in [0.717, 1.165) is 33.5 Å². The number of nitrogens with one attached hydrogen (secondary N) is 1. The molecule has 4 heteroatoms. The highest BCUT2D eigenvalue weighted by molar-refractivity contribution is 6.07. The lowest BCUT2D eigenvalue weighted by molar-refractivity contribution is 0.0786. The van der Waals surface area contributed by atoms with Gasteiger partial charge in [-0.05, 0) is 37.6 Å². The average molecular weight is 322 g/mol. The van der Waals surface area contributed by atoms with E-state index < -0.39 is 0 Å². The van der Waals surface area contributed by atoms with E-state index in [2.05, 4.69) is 4.98 Å². The van der Waals surface area contributed by atoms with Crippen LogP contribution in [0.2, 0.25) is 0 Å². The lowest BCUT2D eigenvalue weighted by Crippen LogP contribution is -2.26. The van der Waals surface area contributed by atoms with Crippen LogP contribution < -0.4 is 4.74 Å². The number of aromatic nitrogens is 1. The molecule has 1 amide bonds. The number of fused-ring (bicyclic) bond motifs is 1. The Morgan fingerprint density at radius 2 is 1.83 bits per heavy atom. The first kappa shape index (κ1) is 16.1. The number of benzene rings is 2. The van der Waals surface area contributed by atoms with E-state index in [-0.39, 0.29) is 5.91 Å². The van der Waals surface area contributed by atoms with Gasteiger partial charge in [0.25, 0.3) is 5.91 Å². The van der Waals surface area contributed by atoms with Crippen molar-refractivity contribution in [3.63, 3.8) is 0 Å². The van der Waals surface area contributed by atoms with Crippen molar-refractivity contribution >= 4 is 16.8 Å². The van der Waals surface area contributed by atoms with Gasteiger partial charge in [0.05, 0.1) is 12.2 Å². The van der Waals surface area contributed by atoms with Gasteiger partial charge in [0.2, 0.25) is 0 Å². The van der Waals surface area contributed by atoms with Crippen molar-refractivity contribution in [2.75, 3.05) is 13.7 Å². The summed E-state index contributed by atoms with van der Waals surface area (Å²) >= 11 is 0. The molecule has 0 aliphatic carbocycles. The molecule has 1 aromatic heterocycles. The highest BCUT2D eigenvalue weighted by Crippen LogP contribution is 2.23. The fraction of sp³-hybridized carbons (Fsp3) is 0.250. The zero-order valence-corrected chi connectivity index (χ0v) is 14.3. The fourth-order valence-electron chi connectivity index (χ4n) is 2.95. The molecule has 0 bridgehead atoms. The maximum absolute atomic E-state index is 12.9. The van der Waals surface area contributed by atoms with Crippen molar-refractivity contribution in [2.45, 2.75) is 20.4 Å². The van der Waals surface area contributed by atoms with E-state index >= 15 is 0 Å². The van der Waals surface area contributed by atoms with Gasteiger partial charge in [-0.25, -0.2) is 0 Å². The van der Waals surface area contributed by atoms with E-state index in [1.807, 2.05) is 69.4 Å². The molecular weight excluding hydrogens is 300 g/mol. The molecule has 0 saturated heterocycles. The predicted octanol–water partition coefficient (Wildman–Crippen LogP) is 4.15. The van der Waals surface area contributed by atoms with Gasteiger partial charge >= 0.3 is 0 Å². The first-order valence-corrected chi connectivity index (χ1v) is 8.14. The Morgan fingerprint density at radius 3 is 2.54 bits per heavy atom. The van der Waals surface area contributed by atoms with Gasteiger partial charge in [-0.2, -0.15) is 0 Å². The molecule has 4 nitrogen and oxygen atoms in total. The van der Waals surface area contributed by atoms with Gasteiger partial charge in [-0.3, -0.25) is 4.79 Å². The Kier molecular flexibility index (Phi) is 4.56. The molecule has 0 fully saturated rings. The van der Waals surface area contributed by atoms with Crippen LogP contribution in [0.15, 0.2) is 48.5 Å². The van der Waals surface area contributed by atoms with Gasteiger partial charge in [-0.15, -0.1) is 0 Å². The van der Waals surface area contributed by atoms with Gasteiger partial charge in [-0.1, -0.05) is 30.3 Å². The molecule has 1 N–H and O–H groups in total. The number of hydrogen-bond acceptors (Lipinski definition) is 2. The zero-order valence-electron chi connectivity index (χ0n) is 14.3. The normalized spacial score (nSPS) is 10.8. The summed E-state index contributed by atoms with van der Waals surface area (Å²) in [5.74, 6) is 0.876. The Hall–Kier alpha value is -2.75. The summed E-state index contributed by atoms with van der Waals surface area (Å²) in [6.07, 6.45) is 0. The molecule has 0 aliphatic heterocycles. The standard InChI is InChI=1S/C20H22N2O2/c1-4-24-16-11-9-15(10-12-16)13-22(3)20(23)19-14(2)21-18-8-6-5-7-17(18)19/h5-12,21H,4,13H2,1-3H3. The Labute approximate surface area is 142 Å². The number of nitrogens with zero attached hydrogens (tertiary/aromatic N) is 1. The van der Waals surface area contributed by atoms with E-state index in [0.29, 0.717) is 13.2 Å². The molecule has 0 radical (unpaired) electrons. The number of amides is 1.